The molecule has 0 radical (unpaired) electrons. The Hall–Kier alpha value is -0.0800. The Morgan fingerprint density at radius 1 is 1.00 bits per heavy atom. The number of nitrogens with one attached hydrogen (secondary N) is 1. The van der Waals surface area contributed by atoms with E-state index in [1.54, 1.807) is 0 Å². The van der Waals surface area contributed by atoms with Gasteiger partial charge in [0.1, 0.15) is 0 Å². The lowest BCUT2D eigenvalue weighted by atomic mass is 9.69. The van der Waals surface area contributed by atoms with E-state index in [9.17, 15) is 0 Å². The summed E-state index contributed by atoms with van der Waals surface area (Å²) in [6, 6.07) is 0.616. The molecule has 2 heteroatoms. The molecule has 3 rings (SSSR count). The molecule has 2 nitrogen and oxygen atoms in total. The molecule has 2 unspecified atom stereocenters. The molecular formula is C15H27NO. The zero-order valence-corrected chi connectivity index (χ0v) is 11.4. The topological polar surface area (TPSA) is 21.3 Å². The van der Waals surface area contributed by atoms with Crippen LogP contribution in [0, 0.1) is 5.41 Å². The van der Waals surface area contributed by atoms with E-state index in [-0.39, 0.29) is 0 Å². The number of morpholine rings is 1. The van der Waals surface area contributed by atoms with Gasteiger partial charge in [-0.3, -0.25) is 0 Å². The fourth-order valence-corrected chi connectivity index (χ4v) is 4.31. The van der Waals surface area contributed by atoms with E-state index in [2.05, 4.69) is 19.2 Å². The van der Waals surface area contributed by atoms with E-state index in [0.717, 1.165) is 6.61 Å². The third kappa shape index (κ3) is 2.15. The highest BCUT2D eigenvalue weighted by Gasteiger charge is 2.48. The van der Waals surface area contributed by atoms with Crippen molar-refractivity contribution in [3.63, 3.8) is 0 Å². The van der Waals surface area contributed by atoms with Crippen molar-refractivity contribution in [2.75, 3.05) is 6.61 Å². The van der Waals surface area contributed by atoms with E-state index in [1.807, 2.05) is 0 Å². The molecule has 1 N–H and O–H groups in total. The summed E-state index contributed by atoms with van der Waals surface area (Å²) in [4.78, 5) is 0. The molecule has 98 valence electrons. The molecule has 1 spiro atoms. The molecule has 3 aliphatic rings. The van der Waals surface area contributed by atoms with Crippen molar-refractivity contribution in [2.45, 2.75) is 82.9 Å². The second kappa shape index (κ2) is 4.24. The Morgan fingerprint density at radius 2 is 1.76 bits per heavy atom. The van der Waals surface area contributed by atoms with Crippen molar-refractivity contribution in [1.82, 2.24) is 5.32 Å². The number of hydrogen-bond donors (Lipinski definition) is 1. The summed E-state index contributed by atoms with van der Waals surface area (Å²) >= 11 is 0. The first-order valence-corrected chi connectivity index (χ1v) is 7.51. The first kappa shape index (κ1) is 12.0. The van der Waals surface area contributed by atoms with Crippen LogP contribution in [0.5, 0.6) is 0 Å². The highest BCUT2D eigenvalue weighted by Crippen LogP contribution is 2.43. The van der Waals surface area contributed by atoms with Crippen LogP contribution in [-0.2, 0) is 4.74 Å². The van der Waals surface area contributed by atoms with Crippen LogP contribution in [0.3, 0.4) is 0 Å². The first-order chi connectivity index (χ1) is 8.11. The molecule has 0 amide bonds. The highest BCUT2D eigenvalue weighted by molar-refractivity contribution is 5.03. The molecule has 2 atom stereocenters. The van der Waals surface area contributed by atoms with Gasteiger partial charge in [-0.25, -0.2) is 0 Å². The number of hydrogen-bond acceptors (Lipinski definition) is 2. The Kier molecular flexibility index (Phi) is 2.99. The molecular weight excluding hydrogens is 210 g/mol. The Balaban J connectivity index is 1.73. The van der Waals surface area contributed by atoms with Crippen molar-refractivity contribution in [3.8, 4) is 0 Å². The Bertz CT molecular complexity index is 281. The Labute approximate surface area is 105 Å². The van der Waals surface area contributed by atoms with Crippen molar-refractivity contribution < 1.29 is 4.74 Å². The van der Waals surface area contributed by atoms with Gasteiger partial charge in [-0.05, 0) is 31.1 Å². The fraction of sp³-hybridized carbons (Fsp3) is 1.00. The molecule has 2 aliphatic carbocycles. The lowest BCUT2D eigenvalue weighted by Gasteiger charge is -2.54. The van der Waals surface area contributed by atoms with Gasteiger partial charge in [0.15, 0.2) is 0 Å². The molecule has 0 aromatic heterocycles. The minimum Gasteiger partial charge on any atom is -0.374 e. The third-order valence-corrected chi connectivity index (χ3v) is 5.31. The predicted molar refractivity (Wildman–Crippen MR) is 70.1 cm³/mol. The summed E-state index contributed by atoms with van der Waals surface area (Å²) < 4.78 is 6.33. The third-order valence-electron chi connectivity index (χ3n) is 5.31. The van der Waals surface area contributed by atoms with Crippen molar-refractivity contribution >= 4 is 0 Å². The zero-order chi connectivity index (χ0) is 11.9. The molecule has 0 bridgehead atoms. The fourth-order valence-electron chi connectivity index (χ4n) is 4.31. The van der Waals surface area contributed by atoms with E-state index in [4.69, 9.17) is 4.74 Å². The standard InChI is InChI=1S/C15H27NO/c1-14(2)8-6-7-12-13(14)17-11-15(16-12)9-4-3-5-10-15/h12-13,16H,3-11H2,1-2H3. The van der Waals surface area contributed by atoms with Gasteiger partial charge in [-0.15, -0.1) is 0 Å². The van der Waals surface area contributed by atoms with Gasteiger partial charge in [0.2, 0.25) is 0 Å². The van der Waals surface area contributed by atoms with Gasteiger partial charge in [0.25, 0.3) is 0 Å². The molecule has 1 saturated heterocycles. The van der Waals surface area contributed by atoms with E-state index in [1.165, 1.54) is 51.4 Å². The average molecular weight is 237 g/mol. The largest absolute Gasteiger partial charge is 0.374 e. The minimum atomic E-state index is 0.340. The highest BCUT2D eigenvalue weighted by atomic mass is 16.5. The van der Waals surface area contributed by atoms with Crippen LogP contribution in [0.4, 0.5) is 0 Å². The van der Waals surface area contributed by atoms with Gasteiger partial charge >= 0.3 is 0 Å². The van der Waals surface area contributed by atoms with Gasteiger partial charge < -0.3 is 10.1 Å². The second-order valence-electron chi connectivity index (χ2n) is 7.20. The van der Waals surface area contributed by atoms with E-state index < -0.39 is 0 Å². The van der Waals surface area contributed by atoms with Crippen LogP contribution in [0.2, 0.25) is 0 Å². The second-order valence-corrected chi connectivity index (χ2v) is 7.20. The van der Waals surface area contributed by atoms with Crippen LogP contribution >= 0.6 is 0 Å². The summed E-state index contributed by atoms with van der Waals surface area (Å²) in [6.07, 6.45) is 11.3. The zero-order valence-electron chi connectivity index (χ0n) is 11.4. The average Bonchev–Trinajstić information content (AvgIpc) is 2.29. The predicted octanol–water partition coefficient (Wildman–Crippen LogP) is 3.26. The quantitative estimate of drug-likeness (QED) is 0.698. The van der Waals surface area contributed by atoms with Gasteiger partial charge in [0.05, 0.1) is 12.7 Å². The summed E-state index contributed by atoms with van der Waals surface area (Å²) in [7, 11) is 0. The van der Waals surface area contributed by atoms with Gasteiger partial charge in [-0.1, -0.05) is 39.5 Å². The monoisotopic (exact) mass is 237 g/mol. The van der Waals surface area contributed by atoms with Crippen LogP contribution in [0.1, 0.15) is 65.2 Å². The molecule has 17 heavy (non-hydrogen) atoms. The number of fused-ring (bicyclic) bond motifs is 1. The molecule has 1 heterocycles. The van der Waals surface area contributed by atoms with E-state index >= 15 is 0 Å². The van der Waals surface area contributed by atoms with Crippen molar-refractivity contribution in [1.29, 1.82) is 0 Å². The lowest BCUT2D eigenvalue weighted by molar-refractivity contribution is -0.137. The van der Waals surface area contributed by atoms with Crippen LogP contribution < -0.4 is 5.32 Å². The molecule has 1 aliphatic heterocycles. The molecule has 2 saturated carbocycles. The summed E-state index contributed by atoms with van der Waals surface area (Å²) in [6.45, 7) is 5.71. The maximum atomic E-state index is 6.33. The SMILES string of the molecule is CC1(C)CCCC2NC3(CCCCC3)COC21. The summed E-state index contributed by atoms with van der Waals surface area (Å²) in [5, 5.41) is 4.00. The van der Waals surface area contributed by atoms with Crippen LogP contribution in [0.25, 0.3) is 0 Å². The maximum Gasteiger partial charge on any atom is 0.0779 e. The summed E-state index contributed by atoms with van der Waals surface area (Å²) in [5.74, 6) is 0. The van der Waals surface area contributed by atoms with Gasteiger partial charge in [0, 0.05) is 11.6 Å². The lowest BCUT2D eigenvalue weighted by Crippen LogP contribution is -2.66. The Morgan fingerprint density at radius 3 is 2.53 bits per heavy atom. The number of rotatable bonds is 0. The van der Waals surface area contributed by atoms with E-state index in [0.29, 0.717) is 23.1 Å². The summed E-state index contributed by atoms with van der Waals surface area (Å²) in [5.41, 5.74) is 0.707. The normalized spacial score (nSPS) is 39.9. The van der Waals surface area contributed by atoms with Crippen LogP contribution in [0.15, 0.2) is 0 Å². The smallest absolute Gasteiger partial charge is 0.0779 e. The maximum absolute atomic E-state index is 6.33. The first-order valence-electron chi connectivity index (χ1n) is 7.51. The van der Waals surface area contributed by atoms with Gasteiger partial charge in [-0.2, -0.15) is 0 Å². The van der Waals surface area contributed by atoms with Crippen molar-refractivity contribution in [2.24, 2.45) is 5.41 Å². The molecule has 3 fully saturated rings. The minimum absolute atomic E-state index is 0.340. The number of ether oxygens (including phenoxy) is 1. The molecule has 0 aromatic rings. The molecule has 0 aromatic carbocycles. The van der Waals surface area contributed by atoms with Crippen LogP contribution in [-0.4, -0.2) is 24.3 Å². The van der Waals surface area contributed by atoms with Crippen molar-refractivity contribution in [3.05, 3.63) is 0 Å².